The molecule has 0 fully saturated rings. The van der Waals surface area contributed by atoms with Gasteiger partial charge in [0.25, 0.3) is 5.91 Å². The van der Waals surface area contributed by atoms with Crippen LogP contribution in [0.25, 0.3) is 6.08 Å². The van der Waals surface area contributed by atoms with Crippen molar-refractivity contribution in [3.8, 4) is 5.75 Å². The number of amides is 2. The lowest BCUT2D eigenvalue weighted by molar-refractivity contribution is -0.115. The molecule has 2 rings (SSSR count). The van der Waals surface area contributed by atoms with Crippen LogP contribution in [0.2, 0.25) is 0 Å². The summed E-state index contributed by atoms with van der Waals surface area (Å²) in [5.74, 6) is 0.0484. The van der Waals surface area contributed by atoms with Crippen molar-refractivity contribution >= 4 is 35.2 Å². The maximum atomic E-state index is 12.0. The van der Waals surface area contributed by atoms with E-state index in [2.05, 4.69) is 16.2 Å². The highest BCUT2D eigenvalue weighted by molar-refractivity contribution is 7.80. The maximum absolute atomic E-state index is 12.0. The van der Waals surface area contributed by atoms with Crippen molar-refractivity contribution in [1.29, 1.82) is 0 Å². The third-order valence-corrected chi connectivity index (χ3v) is 3.02. The average Bonchev–Trinajstić information content (AvgIpc) is 3.11. The molecule has 1 aromatic carbocycles. The Bertz CT molecular complexity index is 756. The molecule has 0 aliphatic carbocycles. The topological polar surface area (TPSA) is 92.6 Å². The molecule has 3 N–H and O–H groups in total. The van der Waals surface area contributed by atoms with Gasteiger partial charge in [-0.1, -0.05) is 12.1 Å². The number of ether oxygens (including phenoxy) is 1. The molecule has 2 aromatic rings. The molecule has 24 heavy (non-hydrogen) atoms. The van der Waals surface area contributed by atoms with Crippen molar-refractivity contribution in [2.45, 2.75) is 0 Å². The Morgan fingerprint density at radius 1 is 1.17 bits per heavy atom. The van der Waals surface area contributed by atoms with Gasteiger partial charge in [-0.2, -0.15) is 0 Å². The lowest BCUT2D eigenvalue weighted by Gasteiger charge is -2.11. The summed E-state index contributed by atoms with van der Waals surface area (Å²) in [5, 5.41) is 2.34. The number of furan rings is 1. The number of carbonyl (C=O) groups excluding carboxylic acids is 2. The van der Waals surface area contributed by atoms with E-state index in [1.165, 1.54) is 25.5 Å². The van der Waals surface area contributed by atoms with Crippen LogP contribution in [0.3, 0.4) is 0 Å². The minimum absolute atomic E-state index is 0.0488. The van der Waals surface area contributed by atoms with Gasteiger partial charge < -0.3 is 9.15 Å². The Morgan fingerprint density at radius 2 is 1.96 bits per heavy atom. The van der Waals surface area contributed by atoms with Crippen molar-refractivity contribution in [2.75, 3.05) is 7.11 Å². The lowest BCUT2D eigenvalue weighted by atomic mass is 10.2. The molecule has 0 aliphatic rings. The molecule has 1 aromatic heterocycles. The zero-order valence-electron chi connectivity index (χ0n) is 12.7. The van der Waals surface area contributed by atoms with Gasteiger partial charge in [0.1, 0.15) is 11.5 Å². The van der Waals surface area contributed by atoms with Gasteiger partial charge in [-0.15, -0.1) is 0 Å². The van der Waals surface area contributed by atoms with Gasteiger partial charge >= 0.3 is 0 Å². The average molecular weight is 345 g/mol. The molecule has 0 aliphatic heterocycles. The second kappa shape index (κ2) is 8.49. The predicted octanol–water partition coefficient (Wildman–Crippen LogP) is 1.64. The summed E-state index contributed by atoms with van der Waals surface area (Å²) in [6, 6.07) is 10.1. The number of methoxy groups -OCH3 is 1. The normalized spacial score (nSPS) is 10.2. The number of nitrogens with one attached hydrogen (secondary N) is 3. The number of rotatable bonds is 4. The maximum Gasteiger partial charge on any atom is 0.273 e. The summed E-state index contributed by atoms with van der Waals surface area (Å²) in [7, 11) is 1.47. The summed E-state index contributed by atoms with van der Waals surface area (Å²) in [6.45, 7) is 0. The summed E-state index contributed by atoms with van der Waals surface area (Å²) in [6.07, 6.45) is 4.25. The summed E-state index contributed by atoms with van der Waals surface area (Å²) in [5.41, 5.74) is 5.16. The molecule has 1 heterocycles. The summed E-state index contributed by atoms with van der Waals surface area (Å²) >= 11 is 4.93. The Balaban J connectivity index is 1.82. The number of benzene rings is 1. The fourth-order valence-corrected chi connectivity index (χ4v) is 1.89. The molecule has 124 valence electrons. The first kappa shape index (κ1) is 17.2. The Labute approximate surface area is 143 Å². The minimum atomic E-state index is -0.463. The molecule has 0 saturated heterocycles. The fraction of sp³-hybridized carbons (Fsp3) is 0.0625. The first-order valence-electron chi connectivity index (χ1n) is 6.86. The third kappa shape index (κ3) is 4.96. The molecule has 0 unspecified atom stereocenters. The van der Waals surface area contributed by atoms with Gasteiger partial charge in [0.2, 0.25) is 5.91 Å². The number of hydrogen-bond donors (Lipinski definition) is 3. The molecular weight excluding hydrogens is 330 g/mol. The first-order chi connectivity index (χ1) is 11.6. The van der Waals surface area contributed by atoms with E-state index in [0.29, 0.717) is 17.1 Å². The molecule has 0 radical (unpaired) electrons. The predicted molar refractivity (Wildman–Crippen MR) is 92.1 cm³/mol. The van der Waals surface area contributed by atoms with Crippen LogP contribution in [0.4, 0.5) is 0 Å². The van der Waals surface area contributed by atoms with E-state index in [4.69, 9.17) is 21.4 Å². The molecule has 7 nitrogen and oxygen atoms in total. The van der Waals surface area contributed by atoms with E-state index in [0.717, 1.165) is 0 Å². The quantitative estimate of drug-likeness (QED) is 0.443. The van der Waals surface area contributed by atoms with Crippen LogP contribution in [0.15, 0.2) is 53.2 Å². The summed E-state index contributed by atoms with van der Waals surface area (Å²) in [4.78, 5) is 23.7. The van der Waals surface area contributed by atoms with Gasteiger partial charge in [-0.25, -0.2) is 0 Å². The van der Waals surface area contributed by atoms with Gasteiger partial charge in [0.05, 0.1) is 18.9 Å². The van der Waals surface area contributed by atoms with Gasteiger partial charge in [-0.05, 0) is 42.6 Å². The molecule has 0 atom stereocenters. The second-order valence-corrected chi connectivity index (χ2v) is 4.85. The zero-order valence-corrected chi connectivity index (χ0v) is 13.6. The minimum Gasteiger partial charge on any atom is -0.496 e. The molecule has 8 heteroatoms. The van der Waals surface area contributed by atoms with Crippen LogP contribution in [0.5, 0.6) is 5.75 Å². The Morgan fingerprint density at radius 3 is 2.67 bits per heavy atom. The lowest BCUT2D eigenvalue weighted by Crippen LogP contribution is -2.48. The van der Waals surface area contributed by atoms with Gasteiger partial charge in [0.15, 0.2) is 5.11 Å². The van der Waals surface area contributed by atoms with E-state index in [1.807, 2.05) is 0 Å². The van der Waals surface area contributed by atoms with E-state index in [9.17, 15) is 9.59 Å². The van der Waals surface area contributed by atoms with Crippen molar-refractivity contribution in [1.82, 2.24) is 16.2 Å². The van der Waals surface area contributed by atoms with E-state index in [-0.39, 0.29) is 5.11 Å². The first-order valence-corrected chi connectivity index (χ1v) is 7.27. The number of para-hydroxylation sites is 1. The van der Waals surface area contributed by atoms with Crippen LogP contribution in [0, 0.1) is 0 Å². The van der Waals surface area contributed by atoms with E-state index < -0.39 is 11.8 Å². The third-order valence-electron chi connectivity index (χ3n) is 2.82. The highest BCUT2D eigenvalue weighted by atomic mass is 32.1. The van der Waals surface area contributed by atoms with Crippen LogP contribution in [-0.2, 0) is 4.79 Å². The second-order valence-electron chi connectivity index (χ2n) is 4.45. The van der Waals surface area contributed by atoms with E-state index >= 15 is 0 Å². The van der Waals surface area contributed by atoms with Crippen LogP contribution < -0.4 is 20.9 Å². The monoisotopic (exact) mass is 345 g/mol. The summed E-state index contributed by atoms with van der Waals surface area (Å²) < 4.78 is 10.2. The smallest absolute Gasteiger partial charge is 0.273 e. The standard InChI is InChI=1S/C16H15N3O4S/c1-22-13-7-3-2-6-12(13)15(21)18-19-16(24)17-14(20)9-8-11-5-4-10-23-11/h2-10H,1H3,(H,18,21)(H2,17,19,20,24)/b9-8+. The van der Waals surface area contributed by atoms with Crippen LogP contribution >= 0.6 is 12.2 Å². The SMILES string of the molecule is COc1ccccc1C(=O)NNC(=S)NC(=O)/C=C/c1ccco1. The largest absolute Gasteiger partial charge is 0.496 e. The number of thiocarbonyl (C=S) groups is 1. The zero-order chi connectivity index (χ0) is 17.4. The molecule has 0 bridgehead atoms. The van der Waals surface area contributed by atoms with Gasteiger partial charge in [-0.3, -0.25) is 25.8 Å². The molecule has 2 amide bonds. The highest BCUT2D eigenvalue weighted by Gasteiger charge is 2.11. The van der Waals surface area contributed by atoms with Crippen LogP contribution in [0.1, 0.15) is 16.1 Å². The van der Waals surface area contributed by atoms with Crippen molar-refractivity contribution in [3.63, 3.8) is 0 Å². The Kier molecular flexibility index (Phi) is 6.09. The molecule has 0 spiro atoms. The van der Waals surface area contributed by atoms with Crippen molar-refractivity contribution in [2.24, 2.45) is 0 Å². The highest BCUT2D eigenvalue weighted by Crippen LogP contribution is 2.16. The van der Waals surface area contributed by atoms with Crippen molar-refractivity contribution in [3.05, 3.63) is 60.1 Å². The van der Waals surface area contributed by atoms with E-state index in [1.54, 1.807) is 36.4 Å². The number of hydrazine groups is 1. The number of hydrogen-bond acceptors (Lipinski definition) is 5. The molecular formula is C16H15N3O4S. The van der Waals surface area contributed by atoms with Crippen LogP contribution in [-0.4, -0.2) is 24.0 Å². The van der Waals surface area contributed by atoms with Crippen molar-refractivity contribution < 1.29 is 18.7 Å². The fourth-order valence-electron chi connectivity index (χ4n) is 1.74. The Hall–Kier alpha value is -3.13. The van der Waals surface area contributed by atoms with Gasteiger partial charge in [0, 0.05) is 6.08 Å². The molecule has 0 saturated carbocycles. The number of carbonyl (C=O) groups is 2.